The molecule has 1 aromatic carbocycles. The Morgan fingerprint density at radius 2 is 1.81 bits per heavy atom. The second-order valence-electron chi connectivity index (χ2n) is 9.85. The predicted octanol–water partition coefficient (Wildman–Crippen LogP) is 3.35. The summed E-state index contributed by atoms with van der Waals surface area (Å²) in [4.78, 5) is 38.4. The van der Waals surface area contributed by atoms with Gasteiger partial charge >= 0.3 is 5.97 Å². The molecule has 1 unspecified atom stereocenters. The fourth-order valence-corrected chi connectivity index (χ4v) is 3.22. The summed E-state index contributed by atoms with van der Waals surface area (Å²) in [5.41, 5.74) is 2.36. The summed E-state index contributed by atoms with van der Waals surface area (Å²) in [5.74, 6) is -1.61. The molecule has 178 valence electrons. The van der Waals surface area contributed by atoms with Crippen molar-refractivity contribution in [3.63, 3.8) is 0 Å². The van der Waals surface area contributed by atoms with Crippen LogP contribution in [0.5, 0.6) is 0 Å². The van der Waals surface area contributed by atoms with Gasteiger partial charge in [0.05, 0.1) is 6.54 Å². The molecule has 0 saturated carbocycles. The Balaban J connectivity index is 2.96. The molecule has 8 heteroatoms. The molecule has 0 aliphatic rings. The van der Waals surface area contributed by atoms with Gasteiger partial charge in [-0.25, -0.2) is 4.79 Å². The third kappa shape index (κ3) is 8.07. The monoisotopic (exact) mass is 449 g/mol. The minimum Gasteiger partial charge on any atom is -0.478 e. The minimum atomic E-state index is -1.04. The van der Waals surface area contributed by atoms with Crippen molar-refractivity contribution in [2.75, 3.05) is 13.6 Å². The number of carboxylic acids is 1. The number of rotatable bonds is 10. The van der Waals surface area contributed by atoms with Gasteiger partial charge in [0.15, 0.2) is 0 Å². The summed E-state index contributed by atoms with van der Waals surface area (Å²) in [6, 6.07) is 6.60. The van der Waals surface area contributed by atoms with E-state index < -0.39 is 22.8 Å². The first-order valence-corrected chi connectivity index (χ1v) is 10.6. The third-order valence-corrected chi connectivity index (χ3v) is 5.39. The van der Waals surface area contributed by atoms with Gasteiger partial charge in [-0.1, -0.05) is 65.0 Å². The average molecular weight is 450 g/mol. The summed E-state index contributed by atoms with van der Waals surface area (Å²) in [7, 11) is 1.58. The van der Waals surface area contributed by atoms with Crippen LogP contribution in [0.4, 0.5) is 4.48 Å². The molecule has 1 aromatic rings. The SMILES string of the molecule is C/C(=C\CN(C)C(=O)C(NC(=O)CC(C)(C)c1cccc(CNF)c1)C(C)(C)C)C(=O)O. The third-order valence-electron chi connectivity index (χ3n) is 5.39. The van der Waals surface area contributed by atoms with Crippen molar-refractivity contribution in [1.82, 2.24) is 15.8 Å². The number of nitrogens with zero attached hydrogens (tertiary/aromatic N) is 1. The Morgan fingerprint density at radius 3 is 2.34 bits per heavy atom. The topological polar surface area (TPSA) is 98.7 Å². The molecule has 3 N–H and O–H groups in total. The Kier molecular flexibility index (Phi) is 9.57. The molecule has 0 aliphatic heterocycles. The molecule has 1 atom stereocenters. The second kappa shape index (κ2) is 11.2. The summed E-state index contributed by atoms with van der Waals surface area (Å²) in [6.45, 7) is 11.1. The van der Waals surface area contributed by atoms with Gasteiger partial charge in [0.2, 0.25) is 11.8 Å². The van der Waals surface area contributed by atoms with Crippen LogP contribution in [0, 0.1) is 5.41 Å². The Hall–Kier alpha value is -2.74. The van der Waals surface area contributed by atoms with Crippen LogP contribution >= 0.6 is 0 Å². The van der Waals surface area contributed by atoms with Crippen molar-refractivity contribution >= 4 is 17.8 Å². The van der Waals surface area contributed by atoms with E-state index in [0.717, 1.165) is 11.1 Å². The van der Waals surface area contributed by atoms with Crippen LogP contribution in [0.2, 0.25) is 0 Å². The van der Waals surface area contributed by atoms with E-state index >= 15 is 0 Å². The van der Waals surface area contributed by atoms with Crippen molar-refractivity contribution in [2.45, 2.75) is 66.0 Å². The molecule has 0 saturated heterocycles. The number of hydrogen-bond donors (Lipinski definition) is 3. The normalized spacial score (nSPS) is 13.4. The first kappa shape index (κ1) is 27.3. The van der Waals surface area contributed by atoms with Crippen LogP contribution in [0.3, 0.4) is 0 Å². The molecule has 32 heavy (non-hydrogen) atoms. The smallest absolute Gasteiger partial charge is 0.331 e. The maximum atomic E-state index is 13.1. The fraction of sp³-hybridized carbons (Fsp3) is 0.542. The molecule has 0 radical (unpaired) electrons. The van der Waals surface area contributed by atoms with Crippen molar-refractivity contribution in [1.29, 1.82) is 0 Å². The molecule has 1 rings (SSSR count). The van der Waals surface area contributed by atoms with Gasteiger partial charge in [-0.15, -0.1) is 4.48 Å². The van der Waals surface area contributed by atoms with Gasteiger partial charge in [-0.2, -0.15) is 5.54 Å². The number of benzene rings is 1. The number of carbonyl (C=O) groups is 3. The molecule has 0 aliphatic carbocycles. The molecule has 0 fully saturated rings. The molecular formula is C24H36FN3O4. The zero-order valence-corrected chi connectivity index (χ0v) is 20.1. The lowest BCUT2D eigenvalue weighted by Crippen LogP contribution is -2.54. The van der Waals surface area contributed by atoms with Gasteiger partial charge in [0, 0.05) is 25.6 Å². The maximum absolute atomic E-state index is 13.1. The van der Waals surface area contributed by atoms with E-state index in [0.29, 0.717) is 0 Å². The Labute approximate surface area is 190 Å². The zero-order valence-electron chi connectivity index (χ0n) is 20.1. The highest BCUT2D eigenvalue weighted by Gasteiger charge is 2.36. The van der Waals surface area contributed by atoms with Crippen molar-refractivity contribution in [3.05, 3.63) is 47.0 Å². The lowest BCUT2D eigenvalue weighted by Gasteiger charge is -2.34. The Bertz CT molecular complexity index is 859. The number of carbonyl (C=O) groups excluding carboxylic acids is 2. The fourth-order valence-electron chi connectivity index (χ4n) is 3.22. The van der Waals surface area contributed by atoms with Gasteiger partial charge < -0.3 is 15.3 Å². The van der Waals surface area contributed by atoms with Crippen LogP contribution in [0.15, 0.2) is 35.9 Å². The first-order valence-electron chi connectivity index (χ1n) is 10.6. The van der Waals surface area contributed by atoms with Crippen LogP contribution in [-0.2, 0) is 26.3 Å². The first-order chi connectivity index (χ1) is 14.7. The molecule has 0 spiro atoms. The molecule has 2 amide bonds. The molecule has 0 bridgehead atoms. The summed E-state index contributed by atoms with van der Waals surface area (Å²) in [5, 5.41) is 11.9. The van der Waals surface area contributed by atoms with Crippen molar-refractivity contribution < 1.29 is 24.0 Å². The highest BCUT2D eigenvalue weighted by atomic mass is 19.2. The van der Waals surface area contributed by atoms with E-state index in [4.69, 9.17) is 5.11 Å². The Morgan fingerprint density at radius 1 is 1.19 bits per heavy atom. The number of hydrogen-bond acceptors (Lipinski definition) is 4. The summed E-state index contributed by atoms with van der Waals surface area (Å²) in [6.07, 6.45) is 1.60. The molecule has 0 aromatic heterocycles. The number of halogens is 1. The number of carboxylic acid groups (broad SMARTS) is 1. The van der Waals surface area contributed by atoms with E-state index in [1.807, 2.05) is 52.8 Å². The average Bonchev–Trinajstić information content (AvgIpc) is 2.68. The standard InChI is InChI=1S/C24H36FN3O4/c1-16(22(31)32)11-12-28(7)21(30)20(23(2,3)4)27-19(29)14-24(5,6)18-10-8-9-17(13-18)15-26-25/h8-11,13,20,26H,12,14-15H2,1-7H3,(H,27,29)(H,31,32)/b16-11+. The molecular weight excluding hydrogens is 413 g/mol. The highest BCUT2D eigenvalue weighted by molar-refractivity contribution is 5.89. The predicted molar refractivity (Wildman–Crippen MR) is 122 cm³/mol. The number of amides is 2. The summed E-state index contributed by atoms with van der Waals surface area (Å²) < 4.78 is 12.5. The van der Waals surface area contributed by atoms with Gasteiger partial charge in [0.1, 0.15) is 6.04 Å². The lowest BCUT2D eigenvalue weighted by molar-refractivity contribution is -0.138. The van der Waals surface area contributed by atoms with Crippen LogP contribution in [-0.4, -0.2) is 47.4 Å². The van der Waals surface area contributed by atoms with Gasteiger partial charge in [0.25, 0.3) is 0 Å². The highest BCUT2D eigenvalue weighted by Crippen LogP contribution is 2.29. The van der Waals surface area contributed by atoms with Crippen molar-refractivity contribution in [2.24, 2.45) is 5.41 Å². The van der Waals surface area contributed by atoms with Crippen LogP contribution in [0.1, 0.15) is 59.1 Å². The molecule has 0 heterocycles. The second-order valence-corrected chi connectivity index (χ2v) is 9.85. The molecule has 7 nitrogen and oxygen atoms in total. The maximum Gasteiger partial charge on any atom is 0.331 e. The largest absolute Gasteiger partial charge is 0.478 e. The van der Waals surface area contributed by atoms with E-state index in [2.05, 4.69) is 5.32 Å². The number of nitrogens with one attached hydrogen (secondary N) is 2. The van der Waals surface area contributed by atoms with E-state index in [1.54, 1.807) is 18.7 Å². The van der Waals surface area contributed by atoms with Crippen molar-refractivity contribution in [3.8, 4) is 0 Å². The number of likely N-dealkylation sites (N-methyl/N-ethyl adjacent to an activating group) is 1. The van der Waals surface area contributed by atoms with E-state index in [9.17, 15) is 18.9 Å². The minimum absolute atomic E-state index is 0.0822. The van der Waals surface area contributed by atoms with Gasteiger partial charge in [-0.3, -0.25) is 9.59 Å². The van der Waals surface area contributed by atoms with Crippen LogP contribution < -0.4 is 10.9 Å². The lowest BCUT2D eigenvalue weighted by atomic mass is 9.80. The van der Waals surface area contributed by atoms with E-state index in [-0.39, 0.29) is 36.9 Å². The summed E-state index contributed by atoms with van der Waals surface area (Å²) >= 11 is 0. The van der Waals surface area contributed by atoms with Gasteiger partial charge in [-0.05, 0) is 28.9 Å². The zero-order chi connectivity index (χ0) is 24.7. The van der Waals surface area contributed by atoms with Crippen LogP contribution in [0.25, 0.3) is 0 Å². The quantitative estimate of drug-likeness (QED) is 0.376. The number of aliphatic carboxylic acids is 1. The van der Waals surface area contributed by atoms with E-state index in [1.165, 1.54) is 17.9 Å².